The highest BCUT2D eigenvalue weighted by atomic mass is 16.5. The molecular formula is C14H24N2O2. The summed E-state index contributed by atoms with van der Waals surface area (Å²) in [4.78, 5) is 12.6. The Kier molecular flexibility index (Phi) is 3.57. The van der Waals surface area contributed by atoms with E-state index in [-0.39, 0.29) is 5.41 Å². The fraction of sp³-hybridized carbons (Fsp3) is 0.929. The van der Waals surface area contributed by atoms with E-state index in [0.717, 1.165) is 45.7 Å². The van der Waals surface area contributed by atoms with Gasteiger partial charge < -0.3 is 15.4 Å². The fourth-order valence-corrected chi connectivity index (χ4v) is 3.85. The highest BCUT2D eigenvalue weighted by molar-refractivity contribution is 5.83. The molecule has 18 heavy (non-hydrogen) atoms. The van der Waals surface area contributed by atoms with Crippen molar-refractivity contribution in [3.63, 3.8) is 0 Å². The van der Waals surface area contributed by atoms with Crippen molar-refractivity contribution in [3.8, 4) is 0 Å². The first-order valence-electron chi connectivity index (χ1n) is 7.38. The standard InChI is InChI=1S/C14H24N2O2/c17-13(16-7-11-4-6-18-9-11)14-5-2-1-3-12(14)8-15-10-14/h11-12,15H,1-10H2,(H,16,17)/t11?,12-,14+/m0/s1. The lowest BCUT2D eigenvalue weighted by Crippen LogP contribution is -2.48. The Balaban J connectivity index is 1.59. The summed E-state index contributed by atoms with van der Waals surface area (Å²) in [6.07, 6.45) is 5.87. The van der Waals surface area contributed by atoms with Crippen LogP contribution in [0.2, 0.25) is 0 Å². The second kappa shape index (κ2) is 5.17. The first kappa shape index (κ1) is 12.4. The van der Waals surface area contributed by atoms with Gasteiger partial charge >= 0.3 is 0 Å². The van der Waals surface area contributed by atoms with E-state index in [1.165, 1.54) is 19.3 Å². The summed E-state index contributed by atoms with van der Waals surface area (Å²) in [5.41, 5.74) is -0.0995. The first-order valence-corrected chi connectivity index (χ1v) is 7.38. The number of hydrogen-bond acceptors (Lipinski definition) is 3. The van der Waals surface area contributed by atoms with Gasteiger partial charge in [0, 0.05) is 25.6 Å². The van der Waals surface area contributed by atoms with Gasteiger partial charge in [-0.15, -0.1) is 0 Å². The van der Waals surface area contributed by atoms with Gasteiger partial charge in [0.15, 0.2) is 0 Å². The van der Waals surface area contributed by atoms with E-state index in [1.54, 1.807) is 0 Å². The van der Waals surface area contributed by atoms with Crippen LogP contribution in [0.5, 0.6) is 0 Å². The largest absolute Gasteiger partial charge is 0.381 e. The normalized spacial score (nSPS) is 39.6. The molecule has 4 nitrogen and oxygen atoms in total. The van der Waals surface area contributed by atoms with Crippen molar-refractivity contribution in [2.75, 3.05) is 32.8 Å². The number of carbonyl (C=O) groups excluding carboxylic acids is 1. The van der Waals surface area contributed by atoms with Crippen LogP contribution in [0.4, 0.5) is 0 Å². The molecule has 4 heteroatoms. The zero-order valence-corrected chi connectivity index (χ0v) is 11.0. The molecule has 102 valence electrons. The molecule has 0 bridgehead atoms. The van der Waals surface area contributed by atoms with Crippen LogP contribution >= 0.6 is 0 Å². The third-order valence-corrected chi connectivity index (χ3v) is 5.07. The Morgan fingerprint density at radius 2 is 2.33 bits per heavy atom. The molecule has 3 fully saturated rings. The summed E-state index contributed by atoms with van der Waals surface area (Å²) >= 11 is 0. The van der Waals surface area contributed by atoms with Crippen LogP contribution in [0.15, 0.2) is 0 Å². The topological polar surface area (TPSA) is 50.4 Å². The molecule has 3 rings (SSSR count). The molecular weight excluding hydrogens is 228 g/mol. The SMILES string of the molecule is O=C(NCC1CCOC1)[C@@]12CCCC[C@H]1CNC2. The third kappa shape index (κ3) is 2.16. The van der Waals surface area contributed by atoms with E-state index in [0.29, 0.717) is 17.7 Å². The molecule has 3 atom stereocenters. The minimum Gasteiger partial charge on any atom is -0.381 e. The summed E-state index contributed by atoms with van der Waals surface area (Å²) in [5, 5.41) is 6.63. The summed E-state index contributed by atoms with van der Waals surface area (Å²) in [6, 6.07) is 0. The van der Waals surface area contributed by atoms with Crippen LogP contribution in [0.25, 0.3) is 0 Å². The van der Waals surface area contributed by atoms with Crippen molar-refractivity contribution in [3.05, 3.63) is 0 Å². The zero-order chi connectivity index (χ0) is 12.4. The summed E-state index contributed by atoms with van der Waals surface area (Å²) in [6.45, 7) is 4.38. The molecule has 0 aromatic carbocycles. The van der Waals surface area contributed by atoms with Gasteiger partial charge in [-0.3, -0.25) is 4.79 Å². The first-order chi connectivity index (χ1) is 8.81. The van der Waals surface area contributed by atoms with Crippen LogP contribution in [0.1, 0.15) is 32.1 Å². The Bertz CT molecular complexity index is 315. The van der Waals surface area contributed by atoms with Gasteiger partial charge in [-0.1, -0.05) is 12.8 Å². The number of ether oxygens (including phenoxy) is 1. The zero-order valence-electron chi connectivity index (χ0n) is 11.0. The molecule has 1 unspecified atom stereocenters. The van der Waals surface area contributed by atoms with E-state index in [4.69, 9.17) is 4.74 Å². The quantitative estimate of drug-likeness (QED) is 0.785. The maximum atomic E-state index is 12.6. The molecule has 2 N–H and O–H groups in total. The predicted octanol–water partition coefficient (Wildman–Crippen LogP) is 0.919. The third-order valence-electron chi connectivity index (χ3n) is 5.07. The van der Waals surface area contributed by atoms with Gasteiger partial charge in [0.2, 0.25) is 5.91 Å². The van der Waals surface area contributed by atoms with Crippen molar-refractivity contribution in [2.24, 2.45) is 17.3 Å². The molecule has 0 aromatic rings. The van der Waals surface area contributed by atoms with Crippen LogP contribution in [-0.2, 0) is 9.53 Å². The smallest absolute Gasteiger partial charge is 0.227 e. The van der Waals surface area contributed by atoms with E-state index in [9.17, 15) is 4.79 Å². The number of amides is 1. The molecule has 2 aliphatic heterocycles. The van der Waals surface area contributed by atoms with Gasteiger partial charge in [0.05, 0.1) is 12.0 Å². The predicted molar refractivity (Wildman–Crippen MR) is 69.2 cm³/mol. The number of hydrogen-bond donors (Lipinski definition) is 2. The van der Waals surface area contributed by atoms with E-state index < -0.39 is 0 Å². The van der Waals surface area contributed by atoms with Crippen molar-refractivity contribution < 1.29 is 9.53 Å². The summed E-state index contributed by atoms with van der Waals surface area (Å²) < 4.78 is 5.36. The fourth-order valence-electron chi connectivity index (χ4n) is 3.85. The Morgan fingerprint density at radius 1 is 1.39 bits per heavy atom. The van der Waals surface area contributed by atoms with Crippen LogP contribution in [-0.4, -0.2) is 38.8 Å². The summed E-state index contributed by atoms with van der Waals surface area (Å²) in [7, 11) is 0. The van der Waals surface area contributed by atoms with Crippen LogP contribution in [0, 0.1) is 17.3 Å². The van der Waals surface area contributed by atoms with Gasteiger partial charge in [0.1, 0.15) is 0 Å². The number of rotatable bonds is 3. The maximum absolute atomic E-state index is 12.6. The highest BCUT2D eigenvalue weighted by Gasteiger charge is 2.49. The van der Waals surface area contributed by atoms with Gasteiger partial charge in [0.25, 0.3) is 0 Å². The number of carbonyl (C=O) groups is 1. The molecule has 1 aliphatic carbocycles. The molecule has 0 radical (unpaired) electrons. The van der Waals surface area contributed by atoms with E-state index in [2.05, 4.69) is 10.6 Å². The number of nitrogens with one attached hydrogen (secondary N) is 2. The minimum atomic E-state index is -0.0995. The molecule has 2 saturated heterocycles. The van der Waals surface area contributed by atoms with Gasteiger partial charge in [-0.25, -0.2) is 0 Å². The van der Waals surface area contributed by atoms with Crippen molar-refractivity contribution >= 4 is 5.91 Å². The summed E-state index contributed by atoms with van der Waals surface area (Å²) in [5.74, 6) is 1.39. The highest BCUT2D eigenvalue weighted by Crippen LogP contribution is 2.43. The average molecular weight is 252 g/mol. The number of fused-ring (bicyclic) bond motifs is 1. The lowest BCUT2D eigenvalue weighted by atomic mass is 9.67. The van der Waals surface area contributed by atoms with Crippen molar-refractivity contribution in [1.82, 2.24) is 10.6 Å². The molecule has 0 spiro atoms. The molecule has 1 amide bonds. The lowest BCUT2D eigenvalue weighted by molar-refractivity contribution is -0.134. The molecule has 3 aliphatic rings. The van der Waals surface area contributed by atoms with Gasteiger partial charge in [-0.05, 0) is 31.7 Å². The molecule has 2 heterocycles. The Morgan fingerprint density at radius 3 is 3.17 bits per heavy atom. The maximum Gasteiger partial charge on any atom is 0.227 e. The monoisotopic (exact) mass is 252 g/mol. The van der Waals surface area contributed by atoms with E-state index in [1.807, 2.05) is 0 Å². The molecule has 1 saturated carbocycles. The Labute approximate surface area is 109 Å². The average Bonchev–Trinajstić information content (AvgIpc) is 3.05. The second-order valence-corrected chi connectivity index (χ2v) is 6.17. The van der Waals surface area contributed by atoms with Crippen molar-refractivity contribution in [1.29, 1.82) is 0 Å². The molecule has 0 aromatic heterocycles. The minimum absolute atomic E-state index is 0.0995. The van der Waals surface area contributed by atoms with Crippen LogP contribution < -0.4 is 10.6 Å². The van der Waals surface area contributed by atoms with Gasteiger partial charge in [-0.2, -0.15) is 0 Å². The second-order valence-electron chi connectivity index (χ2n) is 6.17. The van der Waals surface area contributed by atoms with E-state index >= 15 is 0 Å². The lowest BCUT2D eigenvalue weighted by Gasteiger charge is -2.37. The van der Waals surface area contributed by atoms with Crippen LogP contribution in [0.3, 0.4) is 0 Å². The Hall–Kier alpha value is -0.610. The van der Waals surface area contributed by atoms with Crippen molar-refractivity contribution in [2.45, 2.75) is 32.1 Å².